The van der Waals surface area contributed by atoms with E-state index in [1.54, 1.807) is 0 Å². The maximum absolute atomic E-state index is 12.6. The lowest BCUT2D eigenvalue weighted by atomic mass is 10.1. The largest absolute Gasteiger partial charge is 0.478 e. The van der Waals surface area contributed by atoms with Gasteiger partial charge in [0.1, 0.15) is 5.82 Å². The SMILES string of the molecule is CCCCCCCCOc1cc(NC)nc(C(F)(F)F)n1. The number of rotatable bonds is 9. The van der Waals surface area contributed by atoms with Crippen LogP contribution in [0.25, 0.3) is 0 Å². The third-order valence-electron chi connectivity index (χ3n) is 2.96. The number of hydrogen-bond donors (Lipinski definition) is 1. The van der Waals surface area contributed by atoms with E-state index >= 15 is 0 Å². The van der Waals surface area contributed by atoms with Gasteiger partial charge in [-0.15, -0.1) is 0 Å². The van der Waals surface area contributed by atoms with E-state index in [2.05, 4.69) is 22.2 Å². The van der Waals surface area contributed by atoms with Crippen LogP contribution in [0, 0.1) is 0 Å². The Hall–Kier alpha value is -1.53. The average molecular weight is 305 g/mol. The molecule has 0 saturated heterocycles. The van der Waals surface area contributed by atoms with Gasteiger partial charge < -0.3 is 10.1 Å². The molecule has 7 heteroatoms. The Bertz CT molecular complexity index is 424. The predicted molar refractivity (Wildman–Crippen MR) is 75.5 cm³/mol. The fourth-order valence-electron chi connectivity index (χ4n) is 1.81. The third-order valence-corrected chi connectivity index (χ3v) is 2.96. The fraction of sp³-hybridized carbons (Fsp3) is 0.714. The Labute approximate surface area is 123 Å². The lowest BCUT2D eigenvalue weighted by molar-refractivity contribution is -0.145. The first-order valence-corrected chi connectivity index (χ1v) is 7.24. The standard InChI is InChI=1S/C14H22F3N3O/c1-3-4-5-6-7-8-9-21-12-10-11(18-2)19-13(20-12)14(15,16)17/h10H,3-9H2,1-2H3,(H,18,19,20). The zero-order valence-electron chi connectivity index (χ0n) is 12.5. The molecule has 0 aliphatic heterocycles. The second-order valence-electron chi connectivity index (χ2n) is 4.78. The van der Waals surface area contributed by atoms with Gasteiger partial charge in [-0.1, -0.05) is 39.0 Å². The first-order chi connectivity index (χ1) is 9.97. The van der Waals surface area contributed by atoms with E-state index in [4.69, 9.17) is 4.74 Å². The van der Waals surface area contributed by atoms with Gasteiger partial charge in [0.25, 0.3) is 0 Å². The molecule has 0 unspecified atom stereocenters. The van der Waals surface area contributed by atoms with E-state index in [-0.39, 0.29) is 11.7 Å². The number of hydrogen-bond acceptors (Lipinski definition) is 4. The van der Waals surface area contributed by atoms with E-state index < -0.39 is 12.0 Å². The van der Waals surface area contributed by atoms with Gasteiger partial charge in [-0.3, -0.25) is 0 Å². The fourth-order valence-corrected chi connectivity index (χ4v) is 1.81. The van der Waals surface area contributed by atoms with Crippen LogP contribution in [-0.2, 0) is 6.18 Å². The number of nitrogens with zero attached hydrogens (tertiary/aromatic N) is 2. The number of anilines is 1. The molecule has 0 aromatic carbocycles. The minimum Gasteiger partial charge on any atom is -0.478 e. The zero-order valence-corrected chi connectivity index (χ0v) is 12.5. The number of ether oxygens (including phenoxy) is 1. The van der Waals surface area contributed by atoms with Crippen molar-refractivity contribution in [2.75, 3.05) is 19.0 Å². The van der Waals surface area contributed by atoms with Crippen LogP contribution < -0.4 is 10.1 Å². The van der Waals surface area contributed by atoms with Crippen LogP contribution in [0.5, 0.6) is 5.88 Å². The Morgan fingerprint density at radius 3 is 2.38 bits per heavy atom. The smallest absolute Gasteiger partial charge is 0.451 e. The van der Waals surface area contributed by atoms with E-state index in [0.29, 0.717) is 6.61 Å². The summed E-state index contributed by atoms with van der Waals surface area (Å²) in [4.78, 5) is 6.78. The van der Waals surface area contributed by atoms with Gasteiger partial charge >= 0.3 is 6.18 Å². The van der Waals surface area contributed by atoms with Gasteiger partial charge in [0.2, 0.25) is 11.7 Å². The van der Waals surface area contributed by atoms with Crippen LogP contribution in [0.4, 0.5) is 19.0 Å². The average Bonchev–Trinajstić information content (AvgIpc) is 2.45. The molecule has 0 radical (unpaired) electrons. The Morgan fingerprint density at radius 1 is 1.10 bits per heavy atom. The van der Waals surface area contributed by atoms with Crippen LogP contribution in [0.1, 0.15) is 51.3 Å². The van der Waals surface area contributed by atoms with Gasteiger partial charge in [0.05, 0.1) is 6.61 Å². The van der Waals surface area contributed by atoms with E-state index in [1.807, 2.05) is 0 Å². The molecule has 0 spiro atoms. The highest BCUT2D eigenvalue weighted by Crippen LogP contribution is 2.28. The highest BCUT2D eigenvalue weighted by atomic mass is 19.4. The normalized spacial score (nSPS) is 11.5. The molecule has 1 N–H and O–H groups in total. The maximum atomic E-state index is 12.6. The minimum atomic E-state index is -4.58. The maximum Gasteiger partial charge on any atom is 0.451 e. The van der Waals surface area contributed by atoms with Crippen molar-refractivity contribution in [3.05, 3.63) is 11.9 Å². The topological polar surface area (TPSA) is 47.0 Å². The summed E-state index contributed by atoms with van der Waals surface area (Å²) in [7, 11) is 1.50. The molecular weight excluding hydrogens is 283 g/mol. The first kappa shape index (κ1) is 17.5. The predicted octanol–water partition coefficient (Wildman–Crippen LogP) is 4.28. The number of alkyl halides is 3. The van der Waals surface area contributed by atoms with Crippen molar-refractivity contribution in [2.45, 2.75) is 51.6 Å². The summed E-state index contributed by atoms with van der Waals surface area (Å²) < 4.78 is 43.2. The summed E-state index contributed by atoms with van der Waals surface area (Å²) in [5.74, 6) is -1.14. The van der Waals surface area contributed by atoms with Gasteiger partial charge in [0.15, 0.2) is 0 Å². The van der Waals surface area contributed by atoms with Crippen molar-refractivity contribution in [3.63, 3.8) is 0 Å². The quantitative estimate of drug-likeness (QED) is 0.692. The molecule has 1 aromatic heterocycles. The van der Waals surface area contributed by atoms with Crippen LogP contribution in [0.2, 0.25) is 0 Å². The Morgan fingerprint density at radius 2 is 1.76 bits per heavy atom. The molecule has 0 amide bonds. The van der Waals surface area contributed by atoms with Crippen LogP contribution in [0.3, 0.4) is 0 Å². The van der Waals surface area contributed by atoms with Gasteiger partial charge in [-0.2, -0.15) is 18.2 Å². The molecule has 0 aliphatic carbocycles. The first-order valence-electron chi connectivity index (χ1n) is 7.24. The van der Waals surface area contributed by atoms with Crippen molar-refractivity contribution in [1.29, 1.82) is 0 Å². The van der Waals surface area contributed by atoms with E-state index in [9.17, 15) is 13.2 Å². The number of nitrogens with one attached hydrogen (secondary N) is 1. The van der Waals surface area contributed by atoms with Gasteiger partial charge in [-0.05, 0) is 6.42 Å². The lowest BCUT2D eigenvalue weighted by Gasteiger charge is -2.10. The second-order valence-corrected chi connectivity index (χ2v) is 4.78. The molecule has 1 aromatic rings. The molecule has 0 saturated carbocycles. The summed E-state index contributed by atoms with van der Waals surface area (Å²) >= 11 is 0. The summed E-state index contributed by atoms with van der Waals surface area (Å²) in [5.41, 5.74) is 0. The van der Waals surface area contributed by atoms with Crippen LogP contribution in [0.15, 0.2) is 6.07 Å². The summed E-state index contributed by atoms with van der Waals surface area (Å²) in [6, 6.07) is 1.37. The molecule has 120 valence electrons. The molecule has 0 aliphatic rings. The van der Waals surface area contributed by atoms with Crippen molar-refractivity contribution in [1.82, 2.24) is 9.97 Å². The van der Waals surface area contributed by atoms with Crippen LogP contribution >= 0.6 is 0 Å². The van der Waals surface area contributed by atoms with Gasteiger partial charge in [0, 0.05) is 13.1 Å². The molecule has 21 heavy (non-hydrogen) atoms. The second kappa shape index (κ2) is 8.69. The Kier molecular flexibility index (Phi) is 7.25. The Balaban J connectivity index is 2.47. The third kappa shape index (κ3) is 6.64. The molecule has 1 rings (SSSR count). The minimum absolute atomic E-state index is 0.0461. The summed E-state index contributed by atoms with van der Waals surface area (Å²) in [6.45, 7) is 2.51. The van der Waals surface area contributed by atoms with Crippen molar-refractivity contribution in [2.24, 2.45) is 0 Å². The molecule has 0 bridgehead atoms. The molecule has 1 heterocycles. The number of halogens is 3. The highest BCUT2D eigenvalue weighted by Gasteiger charge is 2.35. The summed E-state index contributed by atoms with van der Waals surface area (Å²) in [5, 5.41) is 2.57. The van der Waals surface area contributed by atoms with Crippen molar-refractivity contribution >= 4 is 5.82 Å². The van der Waals surface area contributed by atoms with Gasteiger partial charge in [-0.25, -0.2) is 4.98 Å². The molecule has 0 fully saturated rings. The molecular formula is C14H22F3N3O. The highest BCUT2D eigenvalue weighted by molar-refractivity contribution is 5.38. The molecule has 0 atom stereocenters. The van der Waals surface area contributed by atoms with E-state index in [0.717, 1.165) is 19.3 Å². The number of unbranched alkanes of at least 4 members (excludes halogenated alkanes) is 5. The lowest BCUT2D eigenvalue weighted by Crippen LogP contribution is -2.13. The zero-order chi connectivity index (χ0) is 15.7. The van der Waals surface area contributed by atoms with E-state index in [1.165, 1.54) is 32.4 Å². The van der Waals surface area contributed by atoms with Crippen LogP contribution in [-0.4, -0.2) is 23.6 Å². The molecule has 4 nitrogen and oxygen atoms in total. The van der Waals surface area contributed by atoms with Crippen molar-refractivity contribution in [3.8, 4) is 5.88 Å². The monoisotopic (exact) mass is 305 g/mol. The summed E-state index contributed by atoms with van der Waals surface area (Å²) in [6.07, 6.45) is 1.95. The number of aromatic nitrogens is 2. The van der Waals surface area contributed by atoms with Crippen molar-refractivity contribution < 1.29 is 17.9 Å².